The van der Waals surface area contributed by atoms with E-state index < -0.39 is 15.9 Å². The summed E-state index contributed by atoms with van der Waals surface area (Å²) in [6.45, 7) is 1.71. The number of hydrogen-bond donors (Lipinski definition) is 1. The van der Waals surface area contributed by atoms with Gasteiger partial charge in [-0.1, -0.05) is 43.3 Å². The molecule has 154 valence electrons. The fourth-order valence-corrected chi connectivity index (χ4v) is 5.29. The summed E-state index contributed by atoms with van der Waals surface area (Å²) in [5.41, 5.74) is 3.55. The number of sulfonamides is 1. The average molecular weight is 423 g/mol. The number of rotatable bonds is 5. The van der Waals surface area contributed by atoms with Crippen molar-refractivity contribution in [3.05, 3.63) is 72.3 Å². The normalized spacial score (nSPS) is 13.9. The summed E-state index contributed by atoms with van der Waals surface area (Å²) < 4.78 is 33.1. The molecule has 0 saturated heterocycles. The second-order valence-electron chi connectivity index (χ2n) is 6.96. The molecule has 0 aromatic heterocycles. The second kappa shape index (κ2) is 7.84. The molecule has 0 aliphatic carbocycles. The van der Waals surface area contributed by atoms with E-state index in [0.717, 1.165) is 17.5 Å². The van der Waals surface area contributed by atoms with Crippen molar-refractivity contribution in [1.82, 2.24) is 0 Å². The first-order valence-electron chi connectivity index (χ1n) is 9.63. The molecule has 7 heteroatoms. The minimum absolute atomic E-state index is 0.204. The van der Waals surface area contributed by atoms with Gasteiger partial charge in [-0.2, -0.15) is 0 Å². The van der Waals surface area contributed by atoms with Crippen LogP contribution in [0.5, 0.6) is 5.75 Å². The van der Waals surface area contributed by atoms with Crippen LogP contribution in [0.2, 0.25) is 0 Å². The van der Waals surface area contributed by atoms with E-state index >= 15 is 0 Å². The maximum Gasteiger partial charge on any atom is 0.265 e. The van der Waals surface area contributed by atoms with E-state index in [-0.39, 0.29) is 11.4 Å². The van der Waals surface area contributed by atoms with Crippen molar-refractivity contribution >= 4 is 27.3 Å². The van der Waals surface area contributed by atoms with Gasteiger partial charge in [0, 0.05) is 11.1 Å². The third-order valence-corrected chi connectivity index (χ3v) is 6.97. The second-order valence-corrected chi connectivity index (χ2v) is 8.79. The maximum absolute atomic E-state index is 13.4. The molecule has 4 rings (SSSR count). The van der Waals surface area contributed by atoms with Gasteiger partial charge in [-0.25, -0.2) is 8.42 Å². The molecule has 0 atom stereocenters. The fraction of sp³-hybridized carbons (Fsp3) is 0.174. The summed E-state index contributed by atoms with van der Waals surface area (Å²) in [5.74, 6) is 0.0543. The zero-order chi connectivity index (χ0) is 21.3. The van der Waals surface area contributed by atoms with Crippen LogP contribution in [0.4, 0.5) is 11.4 Å². The van der Waals surface area contributed by atoms with E-state index in [1.54, 1.807) is 48.5 Å². The Morgan fingerprint density at radius 3 is 2.50 bits per heavy atom. The Balaban J connectivity index is 1.74. The van der Waals surface area contributed by atoms with Gasteiger partial charge in [-0.05, 0) is 42.3 Å². The van der Waals surface area contributed by atoms with Crippen molar-refractivity contribution < 1.29 is 17.9 Å². The molecule has 30 heavy (non-hydrogen) atoms. The van der Waals surface area contributed by atoms with E-state index in [9.17, 15) is 13.2 Å². The third-order valence-electron chi connectivity index (χ3n) is 5.15. The number of carbonyl (C=O) groups excluding carboxylic acids is 1. The molecule has 0 bridgehead atoms. The highest BCUT2D eigenvalue weighted by Gasteiger charge is 2.36. The number of amides is 1. The van der Waals surface area contributed by atoms with Crippen molar-refractivity contribution in [3.63, 3.8) is 0 Å². The molecule has 0 radical (unpaired) electrons. The molecule has 0 fully saturated rings. The number of nitrogens with one attached hydrogen (secondary N) is 1. The summed E-state index contributed by atoms with van der Waals surface area (Å²) in [6, 6.07) is 19.6. The molecule has 3 aromatic carbocycles. The summed E-state index contributed by atoms with van der Waals surface area (Å²) >= 11 is 0. The van der Waals surface area contributed by atoms with Crippen LogP contribution in [-0.2, 0) is 21.2 Å². The molecule has 1 amide bonds. The van der Waals surface area contributed by atoms with E-state index in [1.165, 1.54) is 11.4 Å². The Labute approximate surface area is 176 Å². The number of carbonyl (C=O) groups is 1. The number of benzene rings is 3. The van der Waals surface area contributed by atoms with Crippen LogP contribution < -0.4 is 14.4 Å². The number of ether oxygens (including phenoxy) is 1. The van der Waals surface area contributed by atoms with Crippen molar-refractivity contribution in [3.8, 4) is 16.9 Å². The van der Waals surface area contributed by atoms with Gasteiger partial charge in [-0.15, -0.1) is 0 Å². The topological polar surface area (TPSA) is 75.7 Å². The van der Waals surface area contributed by atoms with E-state index in [4.69, 9.17) is 4.74 Å². The lowest BCUT2D eigenvalue weighted by molar-refractivity contribution is -0.114. The summed E-state index contributed by atoms with van der Waals surface area (Å²) in [4.78, 5) is 13.0. The first-order chi connectivity index (χ1) is 14.5. The number of fused-ring (bicyclic) bond motifs is 3. The first kappa shape index (κ1) is 20.0. The number of methoxy groups -OCH3 is 1. The Bertz CT molecular complexity index is 1220. The van der Waals surface area contributed by atoms with Crippen LogP contribution >= 0.6 is 0 Å². The fourth-order valence-electron chi connectivity index (χ4n) is 3.64. The minimum atomic E-state index is -3.88. The largest absolute Gasteiger partial charge is 0.495 e. The van der Waals surface area contributed by atoms with E-state index in [2.05, 4.69) is 5.32 Å². The van der Waals surface area contributed by atoms with Gasteiger partial charge in [0.15, 0.2) is 0 Å². The van der Waals surface area contributed by atoms with Crippen molar-refractivity contribution in [2.75, 3.05) is 23.3 Å². The van der Waals surface area contributed by atoms with E-state index in [0.29, 0.717) is 22.7 Å². The Kier molecular flexibility index (Phi) is 5.22. The monoisotopic (exact) mass is 422 g/mol. The van der Waals surface area contributed by atoms with Crippen LogP contribution in [0.25, 0.3) is 11.1 Å². The molecule has 1 aliphatic heterocycles. The van der Waals surface area contributed by atoms with Crippen molar-refractivity contribution in [1.29, 1.82) is 0 Å². The van der Waals surface area contributed by atoms with Gasteiger partial charge in [0.25, 0.3) is 10.0 Å². The number of hydrogen-bond acceptors (Lipinski definition) is 4. The Hall–Kier alpha value is -3.32. The molecule has 6 nitrogen and oxygen atoms in total. The average Bonchev–Trinajstić information content (AvgIpc) is 2.77. The minimum Gasteiger partial charge on any atom is -0.495 e. The molecule has 1 heterocycles. The molecular weight excluding hydrogens is 400 g/mol. The Morgan fingerprint density at radius 2 is 1.73 bits per heavy atom. The quantitative estimate of drug-likeness (QED) is 0.672. The summed E-state index contributed by atoms with van der Waals surface area (Å²) in [5, 5.41) is 2.75. The molecule has 1 N–H and O–H groups in total. The highest BCUT2D eigenvalue weighted by molar-refractivity contribution is 7.93. The lowest BCUT2D eigenvalue weighted by atomic mass is 9.99. The molecule has 0 saturated carbocycles. The highest BCUT2D eigenvalue weighted by atomic mass is 32.2. The van der Waals surface area contributed by atoms with Gasteiger partial charge < -0.3 is 10.1 Å². The van der Waals surface area contributed by atoms with Crippen LogP contribution in [0.1, 0.15) is 12.5 Å². The number of aryl methyl sites for hydroxylation is 1. The number of para-hydroxylation sites is 2. The van der Waals surface area contributed by atoms with Crippen LogP contribution in [0, 0.1) is 0 Å². The smallest absolute Gasteiger partial charge is 0.265 e. The van der Waals surface area contributed by atoms with Crippen molar-refractivity contribution in [2.24, 2.45) is 0 Å². The molecule has 0 spiro atoms. The van der Waals surface area contributed by atoms with Gasteiger partial charge in [0.2, 0.25) is 5.91 Å². The van der Waals surface area contributed by atoms with Crippen LogP contribution in [-0.4, -0.2) is 28.0 Å². The summed E-state index contributed by atoms with van der Waals surface area (Å²) in [6.07, 6.45) is 0.830. The van der Waals surface area contributed by atoms with Crippen LogP contribution in [0.3, 0.4) is 0 Å². The van der Waals surface area contributed by atoms with E-state index in [1.807, 2.05) is 25.1 Å². The summed E-state index contributed by atoms with van der Waals surface area (Å²) in [7, 11) is -2.37. The number of nitrogens with zero attached hydrogens (tertiary/aromatic N) is 1. The number of anilines is 2. The van der Waals surface area contributed by atoms with Gasteiger partial charge in [0.05, 0.1) is 23.4 Å². The Morgan fingerprint density at radius 1 is 1.00 bits per heavy atom. The standard InChI is InChI=1S/C23H22N2O4S/c1-3-16-12-13-20-18(14-16)17-8-4-7-11-22(17)30(27,28)25(20)15-23(26)24-19-9-5-6-10-21(19)29-2/h4-14H,3,15H2,1-2H3,(H,24,26). The van der Waals surface area contributed by atoms with Gasteiger partial charge in [0.1, 0.15) is 12.3 Å². The zero-order valence-corrected chi connectivity index (χ0v) is 17.6. The zero-order valence-electron chi connectivity index (χ0n) is 16.8. The molecular formula is C23H22N2O4S. The lowest BCUT2D eigenvalue weighted by Gasteiger charge is -2.32. The lowest BCUT2D eigenvalue weighted by Crippen LogP contribution is -2.40. The predicted molar refractivity (Wildman–Crippen MR) is 117 cm³/mol. The highest BCUT2D eigenvalue weighted by Crippen LogP contribution is 2.43. The van der Waals surface area contributed by atoms with Gasteiger partial charge in [-0.3, -0.25) is 9.10 Å². The van der Waals surface area contributed by atoms with Gasteiger partial charge >= 0.3 is 0 Å². The maximum atomic E-state index is 13.4. The molecule has 0 unspecified atom stereocenters. The third kappa shape index (κ3) is 3.41. The molecule has 3 aromatic rings. The van der Waals surface area contributed by atoms with Crippen molar-refractivity contribution in [2.45, 2.75) is 18.2 Å². The first-order valence-corrected chi connectivity index (χ1v) is 11.1. The SMILES string of the molecule is CCc1ccc2c(c1)-c1ccccc1S(=O)(=O)N2CC(=O)Nc1ccccc1OC. The molecule has 1 aliphatic rings. The predicted octanol–water partition coefficient (Wildman–Crippen LogP) is 4.07. The van der Waals surface area contributed by atoms with Crippen LogP contribution in [0.15, 0.2) is 71.6 Å².